The van der Waals surface area contributed by atoms with Crippen molar-refractivity contribution in [1.82, 2.24) is 14.8 Å². The smallest absolute Gasteiger partial charge is 0.334 e. The molecule has 0 bridgehead atoms. The van der Waals surface area contributed by atoms with Gasteiger partial charge in [0, 0.05) is 13.0 Å². The molecule has 108 valence electrons. The minimum Gasteiger partial charge on any atom is -0.444 e. The predicted octanol–water partition coefficient (Wildman–Crippen LogP) is 2.36. The van der Waals surface area contributed by atoms with Gasteiger partial charge in [0.25, 0.3) is 0 Å². The summed E-state index contributed by atoms with van der Waals surface area (Å²) in [5.41, 5.74) is 0.467. The molecule has 0 aromatic carbocycles. The van der Waals surface area contributed by atoms with E-state index < -0.39 is 4.92 Å². The van der Waals surface area contributed by atoms with Gasteiger partial charge in [-0.25, -0.2) is 9.67 Å². The van der Waals surface area contributed by atoms with Gasteiger partial charge in [0.15, 0.2) is 0 Å². The Kier molecular flexibility index (Phi) is 3.73. The second-order valence-corrected chi connectivity index (χ2v) is 4.84. The molecule has 1 N–H and O–H groups in total. The van der Waals surface area contributed by atoms with Crippen LogP contribution in [0.15, 0.2) is 10.6 Å². The molecule has 2 heterocycles. The summed E-state index contributed by atoms with van der Waals surface area (Å²) >= 11 is 0. The number of rotatable bonds is 5. The molecule has 20 heavy (non-hydrogen) atoms. The number of hydrogen-bond donors (Lipinski definition) is 1. The van der Waals surface area contributed by atoms with Gasteiger partial charge in [0.2, 0.25) is 11.7 Å². The van der Waals surface area contributed by atoms with E-state index in [0.29, 0.717) is 23.2 Å². The maximum absolute atomic E-state index is 11.2. The molecule has 2 aromatic heterocycles. The Labute approximate surface area is 116 Å². The maximum atomic E-state index is 11.2. The zero-order valence-electron chi connectivity index (χ0n) is 11.9. The lowest BCUT2D eigenvalue weighted by Crippen LogP contribution is -2.06. The van der Waals surface area contributed by atoms with E-state index in [9.17, 15) is 10.1 Å². The van der Waals surface area contributed by atoms with Crippen molar-refractivity contribution >= 4 is 11.5 Å². The third-order valence-electron chi connectivity index (χ3n) is 2.85. The van der Waals surface area contributed by atoms with E-state index >= 15 is 0 Å². The van der Waals surface area contributed by atoms with E-state index in [4.69, 9.17) is 4.42 Å². The van der Waals surface area contributed by atoms with Crippen LogP contribution in [0.2, 0.25) is 0 Å². The maximum Gasteiger partial charge on any atom is 0.334 e. The Morgan fingerprint density at radius 2 is 2.25 bits per heavy atom. The van der Waals surface area contributed by atoms with Crippen LogP contribution in [0, 0.1) is 17.0 Å². The summed E-state index contributed by atoms with van der Waals surface area (Å²) in [7, 11) is 1.67. The Morgan fingerprint density at radius 1 is 1.55 bits per heavy atom. The predicted molar refractivity (Wildman–Crippen MR) is 72.5 cm³/mol. The number of nitrogens with one attached hydrogen (secondary N) is 1. The molecule has 0 fully saturated rings. The van der Waals surface area contributed by atoms with E-state index in [1.54, 1.807) is 20.2 Å². The fraction of sp³-hybridized carbons (Fsp3) is 0.500. The lowest BCUT2D eigenvalue weighted by Gasteiger charge is -2.03. The second kappa shape index (κ2) is 5.32. The highest BCUT2D eigenvalue weighted by molar-refractivity contribution is 5.60. The first-order valence-electron chi connectivity index (χ1n) is 6.26. The van der Waals surface area contributed by atoms with Crippen molar-refractivity contribution in [3.8, 4) is 0 Å². The summed E-state index contributed by atoms with van der Waals surface area (Å²) in [5, 5.41) is 18.4. The van der Waals surface area contributed by atoms with Gasteiger partial charge < -0.3 is 9.73 Å². The second-order valence-electron chi connectivity index (χ2n) is 4.84. The van der Waals surface area contributed by atoms with E-state index in [2.05, 4.69) is 15.4 Å². The van der Waals surface area contributed by atoms with Crippen molar-refractivity contribution in [2.24, 2.45) is 7.05 Å². The Balaban J connectivity index is 2.28. The van der Waals surface area contributed by atoms with Crippen LogP contribution in [0.1, 0.15) is 37.1 Å². The number of hydrogen-bond acceptors (Lipinski definition) is 6. The molecule has 8 nitrogen and oxygen atoms in total. The van der Waals surface area contributed by atoms with Crippen LogP contribution in [0.5, 0.6) is 0 Å². The normalized spacial score (nSPS) is 11.1. The summed E-state index contributed by atoms with van der Waals surface area (Å²) in [6.45, 7) is 5.80. The summed E-state index contributed by atoms with van der Waals surface area (Å²) in [5.74, 6) is 1.50. The number of aromatic nitrogens is 3. The van der Waals surface area contributed by atoms with Crippen molar-refractivity contribution in [1.29, 1.82) is 0 Å². The molecule has 0 spiro atoms. The van der Waals surface area contributed by atoms with Crippen molar-refractivity contribution in [2.75, 3.05) is 5.32 Å². The van der Waals surface area contributed by atoms with Crippen molar-refractivity contribution in [2.45, 2.75) is 33.2 Å². The van der Waals surface area contributed by atoms with E-state index in [-0.39, 0.29) is 18.2 Å². The van der Waals surface area contributed by atoms with E-state index in [1.807, 2.05) is 13.8 Å². The van der Waals surface area contributed by atoms with Crippen LogP contribution in [0.3, 0.4) is 0 Å². The fourth-order valence-corrected chi connectivity index (χ4v) is 1.94. The zero-order chi connectivity index (χ0) is 14.9. The molecule has 2 rings (SSSR count). The number of nitrogens with zero attached hydrogens (tertiary/aromatic N) is 4. The molecule has 0 radical (unpaired) electrons. The number of nitro groups is 1. The molecular weight excluding hydrogens is 262 g/mol. The van der Waals surface area contributed by atoms with Crippen molar-refractivity contribution in [3.05, 3.63) is 33.7 Å². The average molecular weight is 279 g/mol. The molecule has 0 amide bonds. The molecule has 2 aromatic rings. The van der Waals surface area contributed by atoms with Crippen molar-refractivity contribution < 1.29 is 9.34 Å². The van der Waals surface area contributed by atoms with Gasteiger partial charge in [0.05, 0.1) is 17.7 Å². The quantitative estimate of drug-likeness (QED) is 0.666. The SMILES string of the molecule is Cc1cnc(CNc2c([N+](=O)[O-])c(C(C)C)nn2C)o1. The standard InChI is InChI=1S/C12H17N5O3/c1-7(2)10-11(17(18)19)12(16(4)15-10)14-6-9-13-5-8(3)20-9/h5,7,14H,6H2,1-4H3. The topological polar surface area (TPSA) is 99.0 Å². The minimum absolute atomic E-state index is 0.00535. The van der Waals surface area contributed by atoms with Gasteiger partial charge in [-0.1, -0.05) is 13.8 Å². The minimum atomic E-state index is -0.411. The first-order chi connectivity index (χ1) is 9.40. The van der Waals surface area contributed by atoms with Gasteiger partial charge in [-0.15, -0.1) is 0 Å². The highest BCUT2D eigenvalue weighted by Crippen LogP contribution is 2.32. The fourth-order valence-electron chi connectivity index (χ4n) is 1.94. The van der Waals surface area contributed by atoms with Gasteiger partial charge >= 0.3 is 5.69 Å². The number of oxazole rings is 1. The van der Waals surface area contributed by atoms with Crippen LogP contribution in [-0.4, -0.2) is 19.7 Å². The Bertz CT molecular complexity index is 629. The van der Waals surface area contributed by atoms with Gasteiger partial charge in [-0.3, -0.25) is 10.1 Å². The largest absolute Gasteiger partial charge is 0.444 e. The molecule has 0 unspecified atom stereocenters. The highest BCUT2D eigenvalue weighted by Gasteiger charge is 2.28. The molecule has 0 aliphatic carbocycles. The summed E-state index contributed by atoms with van der Waals surface area (Å²) in [6, 6.07) is 0. The average Bonchev–Trinajstić information content (AvgIpc) is 2.90. The molecule has 0 atom stereocenters. The zero-order valence-corrected chi connectivity index (χ0v) is 11.9. The lowest BCUT2D eigenvalue weighted by molar-refractivity contribution is -0.384. The van der Waals surface area contributed by atoms with Crippen LogP contribution in [-0.2, 0) is 13.6 Å². The number of aryl methyl sites for hydroxylation is 2. The first-order valence-corrected chi connectivity index (χ1v) is 6.26. The third-order valence-corrected chi connectivity index (χ3v) is 2.85. The molecular formula is C12H17N5O3. The Morgan fingerprint density at radius 3 is 2.75 bits per heavy atom. The first kappa shape index (κ1) is 14.0. The third kappa shape index (κ3) is 2.63. The van der Waals surface area contributed by atoms with E-state index in [1.165, 1.54) is 4.68 Å². The molecule has 0 saturated heterocycles. The van der Waals surface area contributed by atoms with Crippen LogP contribution in [0.4, 0.5) is 11.5 Å². The monoisotopic (exact) mass is 279 g/mol. The molecule has 0 aliphatic heterocycles. The summed E-state index contributed by atoms with van der Waals surface area (Å²) in [4.78, 5) is 14.9. The highest BCUT2D eigenvalue weighted by atomic mass is 16.6. The number of anilines is 1. The van der Waals surface area contributed by atoms with Crippen LogP contribution in [0.25, 0.3) is 0 Å². The Hall–Kier alpha value is -2.38. The van der Waals surface area contributed by atoms with Gasteiger partial charge in [-0.2, -0.15) is 5.10 Å². The lowest BCUT2D eigenvalue weighted by atomic mass is 10.1. The summed E-state index contributed by atoms with van der Waals surface area (Å²) in [6.07, 6.45) is 1.61. The van der Waals surface area contributed by atoms with Crippen LogP contribution >= 0.6 is 0 Å². The molecule has 0 aliphatic rings. The van der Waals surface area contributed by atoms with Gasteiger partial charge in [-0.05, 0) is 6.92 Å². The van der Waals surface area contributed by atoms with Crippen molar-refractivity contribution in [3.63, 3.8) is 0 Å². The molecule has 0 saturated carbocycles. The summed E-state index contributed by atoms with van der Waals surface area (Å²) < 4.78 is 6.80. The molecule has 8 heteroatoms. The van der Waals surface area contributed by atoms with Gasteiger partial charge in [0.1, 0.15) is 11.5 Å². The van der Waals surface area contributed by atoms with E-state index in [0.717, 1.165) is 0 Å². The van der Waals surface area contributed by atoms with Crippen LogP contribution < -0.4 is 5.32 Å².